The van der Waals surface area contributed by atoms with E-state index in [0.29, 0.717) is 37.1 Å². The summed E-state index contributed by atoms with van der Waals surface area (Å²) in [5.41, 5.74) is 23.5. The molecule has 0 amide bonds. The van der Waals surface area contributed by atoms with Crippen LogP contribution < -0.4 is 132 Å². The third-order valence-electron chi connectivity index (χ3n) is 15.3. The molecule has 9 heterocycles. The number of anilines is 2. The minimum absolute atomic E-state index is 0. The van der Waals surface area contributed by atoms with Crippen molar-refractivity contribution >= 4 is 223 Å². The number of alkyl halides is 1. The second-order valence-corrected chi connectivity index (χ2v) is 34.3. The number of allylic oxidation sites excluding steroid dienone is 1. The zero-order valence-electron chi connectivity index (χ0n) is 75.2. The number of nitrogens with zero attached hydrogens (tertiary/aromatic N) is 14. The minimum atomic E-state index is -1.17. The summed E-state index contributed by atoms with van der Waals surface area (Å²) < 4.78 is 7.70. The van der Waals surface area contributed by atoms with E-state index in [1.54, 1.807) is 30.1 Å². The molecule has 0 atom stereocenters. The molecule has 6 aromatic carbocycles. The first kappa shape index (κ1) is 143. The standard InChI is InChI=1S/2C18H15P.C8H8BrN3.C8H7BrN2.C8H7N3O2.C8H9N3.C4H2Br2O3.C4H7N3.C3H5NO4.C2H4O2.C2H6O.CH3Cl.2CH4.CH3.BrH.2ClH.2HNO2.3Na.2Pd.H/c2*1-4-10-16(11-5-1)19(17-12-6-2-7-13-17)18-14-8-3-9-15-18;1-5-7-3-6(9)4-10-8(7)12(2)11-5;1-5-7-2-6(9)3-11-8(7)4-10-5;1-5-7-2-6(11(12)13)3-10-8(7)4-9-5;1-5-7-2-6(9)3-11-8(7)4-10-5;5-2(1-7)3(6)4(8)9;1-3-2-4(5)7-6-3;1-8-3(2-5)4(6)7;1-2(3)4;1-2-3;1-2;;;;;;;2*2-1-3;;;;;;/h2*1-15H;3-4H,1-2H3;2-3H,4H2,1H3;2-3H,4H2,1H3;2-3H,4,9H2,1H3;1H,(H,8,9);2H,1H3,(H3,5,6,7);2,5H,1H3;1H3,(H,3,4);3H,2H2,1H3;1H3;2*1H4;1H3;3*1H;2*(H,2,3);;;;;;/q;;;;;;;;;;;;;;-1;;;;;;3*+1;;+2;-1/p-4/b;;;;;;3-2-;;;;;;;;;;;;;;;;;;;. The first-order valence-electron chi connectivity index (χ1n) is 36.2. The average molecular weight is 2490 g/mol. The number of carboxylic acids is 2. The van der Waals surface area contributed by atoms with E-state index in [2.05, 4.69) is 318 Å². The number of aliphatic carboxylic acids is 2. The predicted octanol–water partition coefficient (Wildman–Crippen LogP) is 11.5. The molecular weight excluding hydrogens is 2390 g/mol. The van der Waals surface area contributed by atoms with E-state index in [0.717, 1.165) is 108 Å². The number of nitro groups is 2. The first-order valence-corrected chi connectivity index (χ1v) is 46.8. The Morgan fingerprint density at radius 1 is 0.615 bits per heavy atom. The first-order chi connectivity index (χ1) is 60.8. The number of hydrogen-bond donors (Lipinski definition) is 7. The van der Waals surface area contributed by atoms with E-state index in [9.17, 15) is 29.8 Å². The third-order valence-corrected chi connectivity index (χ3v) is 22.9. The van der Waals surface area contributed by atoms with Crippen molar-refractivity contribution in [3.63, 3.8) is 0 Å². The maximum absolute atomic E-state index is 10.4. The van der Waals surface area contributed by atoms with Crippen LogP contribution in [0.4, 0.5) is 17.2 Å². The van der Waals surface area contributed by atoms with E-state index in [-0.39, 0.29) is 187 Å². The number of carboxylic acid groups (broad SMARTS) is 2. The molecule has 0 saturated heterocycles. The summed E-state index contributed by atoms with van der Waals surface area (Å²) in [4.78, 5) is 92.9. The maximum atomic E-state index is 10.4. The Kier molecular flexibility index (Phi) is 90.2. The molecule has 15 rings (SSSR count). The number of halogens is 8. The third kappa shape index (κ3) is 56.7. The Morgan fingerprint density at radius 2 is 0.919 bits per heavy atom. The van der Waals surface area contributed by atoms with Gasteiger partial charge in [0.15, 0.2) is 18.2 Å². The van der Waals surface area contributed by atoms with Crippen LogP contribution >= 0.6 is 127 Å². The van der Waals surface area contributed by atoms with E-state index in [4.69, 9.17) is 76.0 Å². The quantitative estimate of drug-likeness (QED) is 0.00604. The van der Waals surface area contributed by atoms with Gasteiger partial charge in [0, 0.05) is 126 Å². The van der Waals surface area contributed by atoms with Gasteiger partial charge in [-0.2, -0.15) is 10.2 Å². The van der Waals surface area contributed by atoms with Crippen LogP contribution in [0.25, 0.3) is 11.0 Å². The number of nitrogens with one attached hydrogen (secondary N) is 1. The molecule has 6 aromatic heterocycles. The Balaban J connectivity index is -0.000000187. The summed E-state index contributed by atoms with van der Waals surface area (Å²) in [6.07, 6.45) is 8.70. The van der Waals surface area contributed by atoms with Crippen LogP contribution in [0.1, 0.15) is 96.1 Å². The van der Waals surface area contributed by atoms with Crippen LogP contribution in [-0.2, 0) is 82.2 Å². The second kappa shape index (κ2) is 84.9. The molecular formula is C87H101Br5Cl3N17Na3O16P2Pd2-. The number of carbonyl (C=O) groups excluding carboxylic acids is 1. The van der Waals surface area contributed by atoms with E-state index < -0.39 is 43.5 Å². The normalized spacial score (nSPS) is 10.3. The molecule has 9 N–H and O–H groups in total. The molecule has 0 radical (unpaired) electrons. The summed E-state index contributed by atoms with van der Waals surface area (Å²) in [5, 5.41) is 89.3. The largest absolute Gasteiger partial charge is 1.00 e. The number of H-pyrrole nitrogens is 1. The fourth-order valence-corrected chi connectivity index (χ4v) is 15.7. The molecule has 12 aromatic rings. The van der Waals surface area contributed by atoms with Crippen LogP contribution in [0.15, 0.2) is 293 Å². The monoisotopic (exact) mass is 2480 g/mol. The van der Waals surface area contributed by atoms with Crippen molar-refractivity contribution in [2.75, 3.05) is 31.6 Å². The van der Waals surface area contributed by atoms with E-state index in [1.165, 1.54) is 56.0 Å². The van der Waals surface area contributed by atoms with Gasteiger partial charge in [-0.1, -0.05) is 197 Å². The molecule has 0 unspecified atom stereocenters. The number of fused-ring (bicyclic) bond motifs is 4. The Bertz CT molecular complexity index is 5150. The van der Waals surface area contributed by atoms with Gasteiger partial charge in [0.25, 0.3) is 11.7 Å². The van der Waals surface area contributed by atoms with Gasteiger partial charge in [-0.25, -0.2) is 9.78 Å². The van der Waals surface area contributed by atoms with Crippen LogP contribution in [0.2, 0.25) is 0 Å². The number of carbonyl (C=O) groups is 3. The number of hydrogen-bond acceptors (Lipinski definition) is 27. The number of ether oxygens (including phenoxy) is 1. The number of rotatable bonds is 11. The number of aliphatic hydroxyl groups is 2. The van der Waals surface area contributed by atoms with Crippen LogP contribution in [-0.4, -0.2) is 126 Å². The van der Waals surface area contributed by atoms with Crippen LogP contribution in [0, 0.1) is 61.7 Å². The number of aromatic amines is 1. The van der Waals surface area contributed by atoms with Crippen molar-refractivity contribution in [1.29, 1.82) is 0 Å². The second-order valence-electron chi connectivity index (χ2n) is 24.0. The van der Waals surface area contributed by atoms with E-state index in [1.807, 2.05) is 60.0 Å². The summed E-state index contributed by atoms with van der Waals surface area (Å²) in [6.45, 7) is 14.7. The number of aliphatic imine (C=N–C) groups is 3. The Hall–Kier alpha value is -7.09. The Labute approximate surface area is 934 Å². The average Bonchev–Trinajstić information content (AvgIpc) is 1.71. The molecule has 3 aliphatic rings. The van der Waals surface area contributed by atoms with Gasteiger partial charge in [0.05, 0.1) is 70.8 Å². The summed E-state index contributed by atoms with van der Waals surface area (Å²) in [6, 6.07) is 74.0. The van der Waals surface area contributed by atoms with Crippen LogP contribution in [0.3, 0.4) is 0 Å². The maximum Gasteiger partial charge on any atom is 1.00 e. The molecule has 33 nitrogen and oxygen atoms in total. The van der Waals surface area contributed by atoms with Gasteiger partial charge in [-0.3, -0.25) is 69.5 Å². The number of aryl methyl sites for hydroxylation is 3. The number of pyridine rings is 4. The number of nitrogen functional groups attached to an aromatic ring is 2. The molecule has 0 fully saturated rings. The zero-order chi connectivity index (χ0) is 95.3. The van der Waals surface area contributed by atoms with Gasteiger partial charge in [-0.05, 0) is 171 Å². The number of methoxy groups -OCH3 is 1. The smallest absolute Gasteiger partial charge is 1.00 e. The number of aldehydes is 1. The minimum Gasteiger partial charge on any atom is -1.00 e. The van der Waals surface area contributed by atoms with Crippen LogP contribution in [0.5, 0.6) is 0 Å². The summed E-state index contributed by atoms with van der Waals surface area (Å²) in [7, 11) is 11.7. The zero-order valence-corrected chi connectivity index (χ0v) is 95.4. The summed E-state index contributed by atoms with van der Waals surface area (Å²) >= 11 is 16.7. The van der Waals surface area contributed by atoms with E-state index >= 15 is 0 Å². The summed E-state index contributed by atoms with van der Waals surface area (Å²) in [5.74, 6) is -2.11. The van der Waals surface area contributed by atoms with Gasteiger partial charge in [0.1, 0.15) is 21.4 Å². The van der Waals surface area contributed by atoms with Gasteiger partial charge >= 0.3 is 136 Å². The molecule has 135 heavy (non-hydrogen) atoms. The molecule has 720 valence electrons. The number of nitrogens with two attached hydrogens (primary N) is 2. The van der Waals surface area contributed by atoms with Crippen molar-refractivity contribution in [1.82, 2.24) is 39.9 Å². The Morgan fingerprint density at radius 3 is 1.18 bits per heavy atom. The van der Waals surface area contributed by atoms with Crippen molar-refractivity contribution in [2.24, 2.45) is 32.7 Å². The topological polar surface area (TPSA) is 520 Å². The molecule has 0 bridgehead atoms. The van der Waals surface area contributed by atoms with Crippen molar-refractivity contribution < 1.29 is 176 Å². The van der Waals surface area contributed by atoms with Crippen molar-refractivity contribution in [3.05, 3.63) is 360 Å². The van der Waals surface area contributed by atoms with Gasteiger partial charge in [0.2, 0.25) is 0 Å². The molecule has 3 aliphatic heterocycles. The van der Waals surface area contributed by atoms with Crippen molar-refractivity contribution in [2.45, 2.75) is 83.0 Å². The SMILES string of the molecule is Br.C.C.CC(=O)O.CC1=NCc2ncc(Br)cc21.CC1=NCc2ncc(N)cc21.CC1=NCc2ncc([N+](=O)[O-])cc21.CCO.CCl.COC(=CO)[N+](=O)[O-].Cc1cc(N)n[nH]1.Cc1nn(C)c2ncc(Br)cc12.O=C/C(Br)=C(/Br)C(=O)O.O=N[O-].O=N[O-].[CH3-].[Cl][Pd][Cl].[H-].[Na+].[Na+].[Na+].[Pd].c1ccc(P(c2ccccc2)c2ccccc2)cc1.c1ccc(P(c2ccccc2)c2ccccc2)cc1. The fraction of sp³-hybridized carbons (Fsp3) is 0.184. The van der Waals surface area contributed by atoms with Gasteiger partial charge < -0.3 is 65.7 Å². The number of aliphatic hydroxyl groups excluding tert-OH is 2. The molecule has 48 heteroatoms. The molecule has 0 saturated carbocycles. The molecule has 0 aliphatic carbocycles. The number of benzene rings is 6. The number of aromatic nitrogens is 8. The fourth-order valence-electron chi connectivity index (χ4n) is 10.1. The van der Waals surface area contributed by atoms with Gasteiger partial charge in [-0.15, -0.1) is 39.3 Å². The molecule has 0 spiro atoms. The van der Waals surface area contributed by atoms with Crippen molar-refractivity contribution in [3.8, 4) is 0 Å². The predicted molar refractivity (Wildman–Crippen MR) is 551 cm³/mol.